The maximum Gasteiger partial charge on any atom is -0.0624 e. The van der Waals surface area contributed by atoms with Crippen molar-refractivity contribution in [3.8, 4) is 0 Å². The Labute approximate surface area is 114 Å². The maximum atomic E-state index is 3.97. The first kappa shape index (κ1) is 16.6. The second kappa shape index (κ2) is 10.7. The molecule has 0 aliphatic carbocycles. The van der Waals surface area contributed by atoms with Crippen LogP contribution in [0.2, 0.25) is 10.6 Å². The van der Waals surface area contributed by atoms with Gasteiger partial charge >= 0.3 is 65.3 Å². The molecule has 0 bridgehead atoms. The molecule has 0 aliphatic rings. The van der Waals surface area contributed by atoms with Crippen LogP contribution in [-0.2, 0) is 0 Å². The number of hydrogen-bond donors (Lipinski definition) is 0. The quantitative estimate of drug-likeness (QED) is 0.638. The third-order valence-corrected chi connectivity index (χ3v) is 4.84. The van der Waals surface area contributed by atoms with Crippen molar-refractivity contribution in [2.45, 2.75) is 38.3 Å². The number of hydrogen-bond acceptors (Lipinski definition) is 0. The van der Waals surface area contributed by atoms with E-state index in [0.717, 1.165) is 32.7 Å². The Hall–Kier alpha value is -0.448. The van der Waals surface area contributed by atoms with Gasteiger partial charge in [0.2, 0.25) is 0 Å². The molecule has 0 saturated carbocycles. The van der Waals surface area contributed by atoms with Gasteiger partial charge in [-0.05, 0) is 0 Å². The zero-order valence-electron chi connectivity index (χ0n) is 12.0. The molecular formula is C15H26AlN. The Bertz CT molecular complexity index is 249. The molecule has 0 unspecified atom stereocenters. The molecule has 1 aromatic rings. The van der Waals surface area contributed by atoms with Crippen LogP contribution >= 0.6 is 0 Å². The molecule has 0 fully saturated rings. The van der Waals surface area contributed by atoms with Crippen molar-refractivity contribution in [3.63, 3.8) is 0 Å². The summed E-state index contributed by atoms with van der Waals surface area (Å²) in [6.45, 7) is 9.25. The van der Waals surface area contributed by atoms with Crippen LogP contribution in [0.15, 0.2) is 30.3 Å². The predicted octanol–water partition coefficient (Wildman–Crippen LogP) is 5.16. The van der Waals surface area contributed by atoms with Crippen molar-refractivity contribution in [2.75, 3.05) is 7.05 Å². The standard InChI is InChI=1S/C7H8N.2C4H9.Al/c1-8-7-5-3-2-4-6-7;2*1-4(2)3;/h2-6H,1H3;2*4H,1H2,2-3H3;/q-1;;;+1. The molecule has 0 heterocycles. The Morgan fingerprint density at radius 2 is 1.41 bits per heavy atom. The molecule has 17 heavy (non-hydrogen) atoms. The first-order chi connectivity index (χ1) is 8.06. The minimum Gasteiger partial charge on any atom is -0.687 e. The molecule has 0 atom stereocenters. The first-order valence-corrected chi connectivity index (χ1v) is 8.16. The van der Waals surface area contributed by atoms with E-state index < -0.39 is 0 Å². The number of para-hydroxylation sites is 1. The molecule has 2 heteroatoms. The summed E-state index contributed by atoms with van der Waals surface area (Å²) in [5.41, 5.74) is 1.03. The molecule has 0 N–H and O–H groups in total. The molecule has 1 aromatic carbocycles. The van der Waals surface area contributed by atoms with Crippen molar-refractivity contribution in [3.05, 3.63) is 35.6 Å². The average Bonchev–Trinajstić information content (AvgIpc) is 2.30. The second-order valence-electron chi connectivity index (χ2n) is 5.11. The van der Waals surface area contributed by atoms with E-state index in [9.17, 15) is 0 Å². The number of benzene rings is 1. The normalized spacial score (nSPS) is 9.59. The van der Waals surface area contributed by atoms with Gasteiger partial charge in [-0.2, -0.15) is 0 Å². The Balaban J connectivity index is 0.000000302. The summed E-state index contributed by atoms with van der Waals surface area (Å²) >= 11 is 0.755. The van der Waals surface area contributed by atoms with Crippen molar-refractivity contribution in [1.82, 2.24) is 0 Å². The summed E-state index contributed by atoms with van der Waals surface area (Å²) in [6, 6.07) is 9.87. The molecular weight excluding hydrogens is 221 g/mol. The smallest absolute Gasteiger partial charge is 0.0624 e. The molecule has 0 saturated heterocycles. The maximum absolute atomic E-state index is 3.97. The van der Waals surface area contributed by atoms with Crippen LogP contribution in [0.25, 0.3) is 5.32 Å². The van der Waals surface area contributed by atoms with E-state index in [1.54, 1.807) is 7.05 Å². The zero-order chi connectivity index (χ0) is 13.1. The molecule has 0 aliphatic heterocycles. The van der Waals surface area contributed by atoms with E-state index in [0.29, 0.717) is 0 Å². The Morgan fingerprint density at radius 1 is 0.941 bits per heavy atom. The van der Waals surface area contributed by atoms with Crippen molar-refractivity contribution in [1.29, 1.82) is 0 Å². The van der Waals surface area contributed by atoms with Crippen LogP contribution in [0.3, 0.4) is 0 Å². The van der Waals surface area contributed by atoms with Gasteiger partial charge in [0, 0.05) is 0 Å². The average molecular weight is 247 g/mol. The van der Waals surface area contributed by atoms with E-state index in [1.165, 1.54) is 10.6 Å². The van der Waals surface area contributed by atoms with E-state index in [2.05, 4.69) is 33.0 Å². The fourth-order valence-electron chi connectivity index (χ4n) is 1.34. The summed E-state index contributed by atoms with van der Waals surface area (Å²) in [4.78, 5) is 0. The molecule has 1 nitrogen and oxygen atoms in total. The fourth-order valence-corrected chi connectivity index (χ4v) is 2.87. The zero-order valence-corrected chi connectivity index (χ0v) is 13.1. The van der Waals surface area contributed by atoms with E-state index in [4.69, 9.17) is 0 Å². The van der Waals surface area contributed by atoms with E-state index >= 15 is 0 Å². The minimum atomic E-state index is 0.755. The van der Waals surface area contributed by atoms with Gasteiger partial charge < -0.3 is 5.32 Å². The molecule has 94 valence electrons. The summed E-state index contributed by atoms with van der Waals surface area (Å²) in [5, 5.41) is 6.94. The molecule has 0 spiro atoms. The van der Waals surface area contributed by atoms with Crippen LogP contribution in [0.1, 0.15) is 27.7 Å². The van der Waals surface area contributed by atoms with Crippen LogP contribution in [0.5, 0.6) is 0 Å². The third kappa shape index (κ3) is 11.8. The molecule has 0 amide bonds. The summed E-state index contributed by atoms with van der Waals surface area (Å²) < 4.78 is 0. The topological polar surface area (TPSA) is 14.1 Å². The predicted molar refractivity (Wildman–Crippen MR) is 80.4 cm³/mol. The van der Waals surface area contributed by atoms with Gasteiger partial charge in [0.05, 0.1) is 0 Å². The minimum absolute atomic E-state index is 0.755. The SMILES string of the molecule is CC(C)[CH2][Al+][CH2]C(C)C.C[N-]c1ccccc1. The Morgan fingerprint density at radius 3 is 1.71 bits per heavy atom. The molecule has 0 aromatic heterocycles. The summed E-state index contributed by atoms with van der Waals surface area (Å²) in [7, 11) is 1.79. The van der Waals surface area contributed by atoms with Gasteiger partial charge in [-0.15, -0.1) is 12.7 Å². The number of rotatable bonds is 5. The number of nitrogens with zero attached hydrogens (tertiary/aromatic N) is 1. The van der Waals surface area contributed by atoms with Crippen LogP contribution < -0.4 is 0 Å². The summed E-state index contributed by atoms with van der Waals surface area (Å²) in [6.07, 6.45) is 0. The Kier molecular flexibility index (Phi) is 10.4. The van der Waals surface area contributed by atoms with Gasteiger partial charge in [-0.1, -0.05) is 30.3 Å². The van der Waals surface area contributed by atoms with Crippen LogP contribution in [0.4, 0.5) is 5.69 Å². The van der Waals surface area contributed by atoms with Gasteiger partial charge in [-0.3, -0.25) is 0 Å². The van der Waals surface area contributed by atoms with Gasteiger partial charge in [0.25, 0.3) is 0 Å². The van der Waals surface area contributed by atoms with Crippen molar-refractivity contribution < 1.29 is 0 Å². The molecule has 1 rings (SSSR count). The summed E-state index contributed by atoms with van der Waals surface area (Å²) in [5.74, 6) is 1.86. The van der Waals surface area contributed by atoms with Crippen LogP contribution in [-0.4, -0.2) is 22.3 Å². The van der Waals surface area contributed by atoms with E-state index in [1.807, 2.05) is 30.3 Å². The van der Waals surface area contributed by atoms with Gasteiger partial charge in [0.1, 0.15) is 0 Å². The van der Waals surface area contributed by atoms with E-state index in [-0.39, 0.29) is 0 Å². The molecule has 0 radical (unpaired) electrons. The fraction of sp³-hybridized carbons (Fsp3) is 0.600. The second-order valence-corrected chi connectivity index (χ2v) is 6.63. The van der Waals surface area contributed by atoms with Gasteiger partial charge in [0.15, 0.2) is 0 Å². The largest absolute Gasteiger partial charge is 0.687 e. The third-order valence-electron chi connectivity index (χ3n) is 2.29. The first-order valence-electron chi connectivity index (χ1n) is 6.52. The van der Waals surface area contributed by atoms with Crippen molar-refractivity contribution >= 4 is 20.9 Å². The van der Waals surface area contributed by atoms with Crippen LogP contribution in [0, 0.1) is 11.8 Å². The monoisotopic (exact) mass is 247 g/mol. The van der Waals surface area contributed by atoms with Gasteiger partial charge in [-0.25, -0.2) is 0 Å². The van der Waals surface area contributed by atoms with Crippen molar-refractivity contribution in [2.24, 2.45) is 11.8 Å².